The van der Waals surface area contributed by atoms with E-state index >= 15 is 0 Å². The van der Waals surface area contributed by atoms with Crippen LogP contribution in [0.5, 0.6) is 0 Å². The Balaban J connectivity index is 2.14. The normalized spacial score (nSPS) is 18.9. The maximum absolute atomic E-state index is 11.7. The third kappa shape index (κ3) is 6.03. The summed E-state index contributed by atoms with van der Waals surface area (Å²) in [6, 6.07) is -0.265. The molecule has 0 aliphatic heterocycles. The molecule has 1 atom stereocenters. The molecule has 4 nitrogen and oxygen atoms in total. The van der Waals surface area contributed by atoms with Gasteiger partial charge in [0, 0.05) is 13.5 Å². The van der Waals surface area contributed by atoms with Gasteiger partial charge in [-0.1, -0.05) is 32.1 Å². The van der Waals surface area contributed by atoms with Crippen molar-refractivity contribution in [3.8, 4) is 0 Å². The van der Waals surface area contributed by atoms with Crippen LogP contribution in [0.2, 0.25) is 0 Å². The Labute approximate surface area is 104 Å². The number of hydrogen-bond donors (Lipinski definition) is 2. The Hall–Kier alpha value is -0.610. The lowest BCUT2D eigenvalue weighted by Crippen LogP contribution is -2.40. The van der Waals surface area contributed by atoms with Gasteiger partial charge in [-0.15, -0.1) is 0 Å². The number of amides is 1. The molecule has 17 heavy (non-hydrogen) atoms. The van der Waals surface area contributed by atoms with E-state index in [9.17, 15) is 4.79 Å². The molecule has 1 unspecified atom stereocenters. The summed E-state index contributed by atoms with van der Waals surface area (Å²) in [5, 5.41) is 11.8. The summed E-state index contributed by atoms with van der Waals surface area (Å²) in [7, 11) is 1.57. The first-order valence-corrected chi connectivity index (χ1v) is 6.65. The number of carbonyl (C=O) groups is 1. The summed E-state index contributed by atoms with van der Waals surface area (Å²) >= 11 is 0. The van der Waals surface area contributed by atoms with Crippen molar-refractivity contribution in [1.29, 1.82) is 0 Å². The predicted octanol–water partition coefficient (Wildman–Crippen LogP) is 1.47. The zero-order valence-corrected chi connectivity index (χ0v) is 10.8. The minimum absolute atomic E-state index is 0.0340. The number of nitrogens with one attached hydrogen (secondary N) is 1. The summed E-state index contributed by atoms with van der Waals surface area (Å²) in [5.41, 5.74) is 0. The second kappa shape index (κ2) is 8.48. The van der Waals surface area contributed by atoms with Crippen molar-refractivity contribution >= 4 is 5.91 Å². The van der Waals surface area contributed by atoms with Gasteiger partial charge in [0.2, 0.25) is 5.91 Å². The maximum atomic E-state index is 11.7. The molecule has 0 spiro atoms. The van der Waals surface area contributed by atoms with Crippen LogP contribution in [-0.4, -0.2) is 37.4 Å². The van der Waals surface area contributed by atoms with Crippen molar-refractivity contribution < 1.29 is 14.6 Å². The van der Waals surface area contributed by atoms with E-state index in [0.29, 0.717) is 13.0 Å². The third-order valence-corrected chi connectivity index (χ3v) is 3.46. The fourth-order valence-electron chi connectivity index (χ4n) is 2.45. The Bertz CT molecular complexity index is 215. The van der Waals surface area contributed by atoms with Crippen LogP contribution in [0, 0.1) is 5.92 Å². The van der Waals surface area contributed by atoms with Crippen LogP contribution in [-0.2, 0) is 9.53 Å². The average Bonchev–Trinajstić information content (AvgIpc) is 2.37. The fourth-order valence-corrected chi connectivity index (χ4v) is 2.45. The molecular weight excluding hydrogens is 218 g/mol. The highest BCUT2D eigenvalue weighted by Gasteiger charge is 2.16. The van der Waals surface area contributed by atoms with Crippen molar-refractivity contribution in [2.24, 2.45) is 5.92 Å². The molecule has 1 aliphatic carbocycles. The van der Waals surface area contributed by atoms with Crippen LogP contribution in [0.1, 0.15) is 44.9 Å². The van der Waals surface area contributed by atoms with Gasteiger partial charge >= 0.3 is 0 Å². The molecule has 1 saturated carbocycles. The lowest BCUT2D eigenvalue weighted by atomic mass is 9.86. The van der Waals surface area contributed by atoms with Crippen LogP contribution in [0.3, 0.4) is 0 Å². The van der Waals surface area contributed by atoms with Gasteiger partial charge in [0.15, 0.2) is 0 Å². The summed E-state index contributed by atoms with van der Waals surface area (Å²) in [5.74, 6) is 0.760. The van der Waals surface area contributed by atoms with E-state index < -0.39 is 0 Å². The van der Waals surface area contributed by atoms with E-state index in [-0.39, 0.29) is 18.6 Å². The molecule has 2 N–H and O–H groups in total. The minimum atomic E-state index is -0.265. The molecule has 0 aromatic carbocycles. The summed E-state index contributed by atoms with van der Waals surface area (Å²) in [6.07, 6.45) is 8.08. The quantitative estimate of drug-likeness (QED) is 0.712. The smallest absolute Gasteiger partial charge is 0.220 e. The van der Waals surface area contributed by atoms with Gasteiger partial charge in [-0.2, -0.15) is 0 Å². The van der Waals surface area contributed by atoms with Crippen molar-refractivity contribution in [1.82, 2.24) is 5.32 Å². The molecule has 1 amide bonds. The van der Waals surface area contributed by atoms with Crippen molar-refractivity contribution in [3.05, 3.63) is 0 Å². The van der Waals surface area contributed by atoms with Gasteiger partial charge in [0.05, 0.1) is 19.3 Å². The van der Waals surface area contributed by atoms with Crippen LogP contribution in [0.25, 0.3) is 0 Å². The van der Waals surface area contributed by atoms with E-state index in [0.717, 1.165) is 12.3 Å². The Kier molecular flexibility index (Phi) is 7.21. The fraction of sp³-hybridized carbons (Fsp3) is 0.923. The van der Waals surface area contributed by atoms with Gasteiger partial charge in [0.1, 0.15) is 0 Å². The number of rotatable bonds is 7. The molecule has 1 rings (SSSR count). The molecule has 0 saturated heterocycles. The number of ether oxygens (including phenoxy) is 1. The standard InChI is InChI=1S/C13H25NO3/c1-17-10-12(9-15)14-13(16)8-7-11-5-3-2-4-6-11/h11-12,15H,2-10H2,1H3,(H,14,16). The van der Waals surface area contributed by atoms with E-state index in [1.54, 1.807) is 7.11 Å². The first-order valence-electron chi connectivity index (χ1n) is 6.65. The monoisotopic (exact) mass is 243 g/mol. The van der Waals surface area contributed by atoms with Crippen LogP contribution < -0.4 is 5.32 Å². The Morgan fingerprint density at radius 3 is 2.71 bits per heavy atom. The SMILES string of the molecule is COCC(CO)NC(=O)CCC1CCCCC1. The Morgan fingerprint density at radius 1 is 1.41 bits per heavy atom. The zero-order chi connectivity index (χ0) is 12.5. The third-order valence-electron chi connectivity index (χ3n) is 3.46. The van der Waals surface area contributed by atoms with Crippen LogP contribution in [0.4, 0.5) is 0 Å². The highest BCUT2D eigenvalue weighted by atomic mass is 16.5. The molecule has 0 radical (unpaired) electrons. The van der Waals surface area contributed by atoms with Gasteiger partial charge in [0.25, 0.3) is 0 Å². The van der Waals surface area contributed by atoms with E-state index in [1.807, 2.05) is 0 Å². The lowest BCUT2D eigenvalue weighted by Gasteiger charge is -2.21. The largest absolute Gasteiger partial charge is 0.394 e. The first-order chi connectivity index (χ1) is 8.26. The summed E-state index contributed by atoms with van der Waals surface area (Å²) < 4.78 is 4.92. The van der Waals surface area contributed by atoms with E-state index in [4.69, 9.17) is 9.84 Å². The number of carbonyl (C=O) groups excluding carboxylic acids is 1. The zero-order valence-electron chi connectivity index (χ0n) is 10.8. The molecular formula is C13H25NO3. The van der Waals surface area contributed by atoms with Crippen molar-refractivity contribution in [2.75, 3.05) is 20.3 Å². The van der Waals surface area contributed by atoms with Gasteiger partial charge in [-0.25, -0.2) is 0 Å². The topological polar surface area (TPSA) is 58.6 Å². The number of hydrogen-bond acceptors (Lipinski definition) is 3. The van der Waals surface area contributed by atoms with E-state index in [2.05, 4.69) is 5.32 Å². The van der Waals surface area contributed by atoms with Gasteiger partial charge < -0.3 is 15.2 Å². The van der Waals surface area contributed by atoms with Crippen molar-refractivity contribution in [3.63, 3.8) is 0 Å². The Morgan fingerprint density at radius 2 is 2.12 bits per heavy atom. The number of aliphatic hydroxyl groups excluding tert-OH is 1. The molecule has 0 heterocycles. The first kappa shape index (κ1) is 14.5. The van der Waals surface area contributed by atoms with Crippen LogP contribution >= 0.6 is 0 Å². The predicted molar refractivity (Wildman–Crippen MR) is 66.7 cm³/mol. The second-order valence-electron chi connectivity index (χ2n) is 4.95. The molecule has 0 bridgehead atoms. The summed E-state index contributed by atoms with van der Waals surface area (Å²) in [6.45, 7) is 0.300. The molecule has 1 fully saturated rings. The summed E-state index contributed by atoms with van der Waals surface area (Å²) in [4.78, 5) is 11.7. The molecule has 100 valence electrons. The van der Waals surface area contributed by atoms with Gasteiger partial charge in [-0.3, -0.25) is 4.79 Å². The number of methoxy groups -OCH3 is 1. The number of aliphatic hydroxyl groups is 1. The molecule has 1 aliphatic rings. The molecule has 0 aromatic heterocycles. The van der Waals surface area contributed by atoms with Crippen LogP contribution in [0.15, 0.2) is 0 Å². The molecule has 4 heteroatoms. The second-order valence-corrected chi connectivity index (χ2v) is 4.95. The van der Waals surface area contributed by atoms with Crippen molar-refractivity contribution in [2.45, 2.75) is 51.0 Å². The molecule has 0 aromatic rings. The maximum Gasteiger partial charge on any atom is 0.220 e. The highest BCUT2D eigenvalue weighted by Crippen LogP contribution is 2.27. The highest BCUT2D eigenvalue weighted by molar-refractivity contribution is 5.76. The lowest BCUT2D eigenvalue weighted by molar-refractivity contribution is -0.122. The van der Waals surface area contributed by atoms with Gasteiger partial charge in [-0.05, 0) is 12.3 Å². The average molecular weight is 243 g/mol. The minimum Gasteiger partial charge on any atom is -0.394 e. The van der Waals surface area contributed by atoms with E-state index in [1.165, 1.54) is 32.1 Å².